The monoisotopic (exact) mass is 346 g/mol. The molecule has 1 aliphatic heterocycles. The smallest absolute Gasteiger partial charge is 0.332 e. The Kier molecular flexibility index (Phi) is 3.99. The van der Waals surface area contributed by atoms with Crippen molar-refractivity contribution in [3.63, 3.8) is 0 Å². The predicted octanol–water partition coefficient (Wildman–Crippen LogP) is 0.326. The van der Waals surface area contributed by atoms with Crippen LogP contribution in [0.15, 0.2) is 27.8 Å². The Hall–Kier alpha value is -3.23. The Morgan fingerprint density at radius 2 is 1.68 bits per heavy atom. The number of rotatable bonds is 3. The van der Waals surface area contributed by atoms with Crippen molar-refractivity contribution in [2.45, 2.75) is 6.04 Å². The quantitative estimate of drug-likeness (QED) is 0.833. The van der Waals surface area contributed by atoms with Crippen LogP contribution in [0.5, 0.6) is 11.5 Å². The summed E-state index contributed by atoms with van der Waals surface area (Å²) >= 11 is 0. The molecule has 9 heteroatoms. The molecule has 2 aromatic rings. The van der Waals surface area contributed by atoms with Gasteiger partial charge in [-0.25, -0.2) is 9.59 Å². The van der Waals surface area contributed by atoms with E-state index in [1.165, 1.54) is 32.9 Å². The minimum atomic E-state index is -0.728. The number of amides is 2. The highest BCUT2D eigenvalue weighted by Crippen LogP contribution is 2.34. The third-order valence-electron chi connectivity index (χ3n) is 4.24. The molecule has 0 radical (unpaired) electrons. The van der Waals surface area contributed by atoms with Gasteiger partial charge in [-0.05, 0) is 17.7 Å². The summed E-state index contributed by atoms with van der Waals surface area (Å²) in [6.07, 6.45) is 0. The number of fused-ring (bicyclic) bond motifs is 1. The average Bonchev–Trinajstić information content (AvgIpc) is 2.63. The molecule has 1 aromatic heterocycles. The Morgan fingerprint density at radius 3 is 2.32 bits per heavy atom. The number of carbonyl (C=O) groups excluding carboxylic acids is 1. The molecule has 1 atom stereocenters. The Balaban J connectivity index is 2.26. The van der Waals surface area contributed by atoms with Crippen LogP contribution in [0.2, 0.25) is 0 Å². The lowest BCUT2D eigenvalue weighted by atomic mass is 9.98. The van der Waals surface area contributed by atoms with Crippen molar-refractivity contribution in [3.8, 4) is 11.5 Å². The lowest BCUT2D eigenvalue weighted by molar-refractivity contribution is 0.248. The van der Waals surface area contributed by atoms with Gasteiger partial charge < -0.3 is 14.8 Å². The van der Waals surface area contributed by atoms with E-state index in [1.807, 2.05) is 0 Å². The fourth-order valence-electron chi connectivity index (χ4n) is 2.91. The summed E-state index contributed by atoms with van der Waals surface area (Å²) in [6, 6.07) is 3.87. The van der Waals surface area contributed by atoms with Gasteiger partial charge in [0.25, 0.3) is 5.56 Å². The normalized spacial score (nSPS) is 15.8. The first kappa shape index (κ1) is 16.6. The van der Waals surface area contributed by atoms with Crippen LogP contribution in [0, 0.1) is 0 Å². The van der Waals surface area contributed by atoms with Crippen LogP contribution in [0.25, 0.3) is 0 Å². The van der Waals surface area contributed by atoms with E-state index < -0.39 is 23.3 Å². The van der Waals surface area contributed by atoms with E-state index in [4.69, 9.17) is 9.47 Å². The number of nitrogens with one attached hydrogen (secondary N) is 2. The van der Waals surface area contributed by atoms with Gasteiger partial charge >= 0.3 is 11.7 Å². The summed E-state index contributed by atoms with van der Waals surface area (Å²) in [6.45, 7) is 0. The molecule has 0 saturated heterocycles. The molecule has 0 fully saturated rings. The Bertz CT molecular complexity index is 976. The zero-order valence-electron chi connectivity index (χ0n) is 14.2. The number of anilines is 1. The van der Waals surface area contributed by atoms with Gasteiger partial charge in [0, 0.05) is 14.1 Å². The topological polar surface area (TPSA) is 104 Å². The maximum atomic E-state index is 12.7. The van der Waals surface area contributed by atoms with E-state index in [9.17, 15) is 14.4 Å². The van der Waals surface area contributed by atoms with E-state index in [0.717, 1.165) is 4.57 Å². The highest BCUT2D eigenvalue weighted by molar-refractivity contribution is 5.92. The minimum Gasteiger partial charge on any atom is -0.493 e. The summed E-state index contributed by atoms with van der Waals surface area (Å²) in [5, 5.41) is 5.25. The lowest BCUT2D eigenvalue weighted by Crippen LogP contribution is -2.49. The van der Waals surface area contributed by atoms with E-state index >= 15 is 0 Å². The number of hydrogen-bond acceptors (Lipinski definition) is 5. The molecule has 1 aromatic carbocycles. The van der Waals surface area contributed by atoms with Crippen LogP contribution < -0.4 is 31.4 Å². The van der Waals surface area contributed by atoms with Gasteiger partial charge in [-0.3, -0.25) is 19.2 Å². The van der Waals surface area contributed by atoms with Crippen LogP contribution in [-0.4, -0.2) is 29.4 Å². The molecular weight excluding hydrogens is 328 g/mol. The van der Waals surface area contributed by atoms with Gasteiger partial charge in [0.2, 0.25) is 0 Å². The number of methoxy groups -OCH3 is 2. The predicted molar refractivity (Wildman–Crippen MR) is 90.5 cm³/mol. The number of carbonyl (C=O) groups is 1. The molecular formula is C16H18N4O5. The molecule has 0 unspecified atom stereocenters. The van der Waals surface area contributed by atoms with Gasteiger partial charge in [0.15, 0.2) is 11.5 Å². The summed E-state index contributed by atoms with van der Waals surface area (Å²) in [5.74, 6) is 1.17. The van der Waals surface area contributed by atoms with Gasteiger partial charge in [-0.1, -0.05) is 6.07 Å². The van der Waals surface area contributed by atoms with Gasteiger partial charge in [-0.2, -0.15) is 0 Å². The molecule has 132 valence electrons. The Morgan fingerprint density at radius 1 is 1.00 bits per heavy atom. The van der Waals surface area contributed by atoms with Crippen molar-refractivity contribution in [1.29, 1.82) is 0 Å². The molecule has 25 heavy (non-hydrogen) atoms. The third-order valence-corrected chi connectivity index (χ3v) is 4.24. The first-order valence-electron chi connectivity index (χ1n) is 7.48. The summed E-state index contributed by atoms with van der Waals surface area (Å²) < 4.78 is 12.7. The van der Waals surface area contributed by atoms with Crippen LogP contribution in [-0.2, 0) is 14.1 Å². The maximum Gasteiger partial charge on any atom is 0.332 e. The second-order valence-corrected chi connectivity index (χ2v) is 5.61. The van der Waals surface area contributed by atoms with Crippen LogP contribution in [0.1, 0.15) is 17.2 Å². The number of aromatic nitrogens is 2. The van der Waals surface area contributed by atoms with E-state index in [-0.39, 0.29) is 11.4 Å². The lowest BCUT2D eigenvalue weighted by Gasteiger charge is -2.28. The number of nitrogens with zero attached hydrogens (tertiary/aromatic N) is 2. The van der Waals surface area contributed by atoms with Crippen LogP contribution in [0.4, 0.5) is 10.6 Å². The fourth-order valence-corrected chi connectivity index (χ4v) is 2.91. The second kappa shape index (κ2) is 6.00. The van der Waals surface area contributed by atoms with Crippen molar-refractivity contribution in [3.05, 3.63) is 50.2 Å². The van der Waals surface area contributed by atoms with Crippen LogP contribution in [0.3, 0.4) is 0 Å². The van der Waals surface area contributed by atoms with Gasteiger partial charge in [-0.15, -0.1) is 0 Å². The fraction of sp³-hybridized carbons (Fsp3) is 0.312. The standard InChI is InChI=1S/C16H18N4O5/c1-19-13-11(14(21)20(2)16(19)23)12(17-15(22)18-13)8-5-6-9(24-3)10(7-8)25-4/h5-7,12H,1-4H3,(H2,17,18,22)/t12-/m0/s1. The van der Waals surface area contributed by atoms with Gasteiger partial charge in [0.1, 0.15) is 5.82 Å². The zero-order valence-corrected chi connectivity index (χ0v) is 14.2. The van der Waals surface area contributed by atoms with Crippen molar-refractivity contribution in [2.75, 3.05) is 19.5 Å². The molecule has 2 amide bonds. The van der Waals surface area contributed by atoms with Crippen molar-refractivity contribution < 1.29 is 14.3 Å². The average molecular weight is 346 g/mol. The van der Waals surface area contributed by atoms with Crippen molar-refractivity contribution in [2.24, 2.45) is 14.1 Å². The van der Waals surface area contributed by atoms with Crippen molar-refractivity contribution in [1.82, 2.24) is 14.5 Å². The molecule has 3 rings (SSSR count). The highest BCUT2D eigenvalue weighted by atomic mass is 16.5. The second-order valence-electron chi connectivity index (χ2n) is 5.61. The number of urea groups is 1. The van der Waals surface area contributed by atoms with E-state index in [2.05, 4.69) is 10.6 Å². The van der Waals surface area contributed by atoms with E-state index in [1.54, 1.807) is 18.2 Å². The molecule has 2 N–H and O–H groups in total. The molecule has 2 heterocycles. The first-order valence-corrected chi connectivity index (χ1v) is 7.48. The first-order chi connectivity index (χ1) is 11.9. The summed E-state index contributed by atoms with van der Waals surface area (Å²) in [4.78, 5) is 36.8. The molecule has 9 nitrogen and oxygen atoms in total. The highest BCUT2D eigenvalue weighted by Gasteiger charge is 2.32. The Labute approximate surface area is 142 Å². The molecule has 0 aliphatic carbocycles. The largest absolute Gasteiger partial charge is 0.493 e. The number of ether oxygens (including phenoxy) is 2. The molecule has 1 aliphatic rings. The third kappa shape index (κ3) is 2.53. The maximum absolute atomic E-state index is 12.7. The summed E-state index contributed by atoms with van der Waals surface area (Å²) in [7, 11) is 5.91. The molecule has 0 saturated carbocycles. The summed E-state index contributed by atoms with van der Waals surface area (Å²) in [5.41, 5.74) is -0.0942. The van der Waals surface area contributed by atoms with Crippen molar-refractivity contribution >= 4 is 11.8 Å². The SMILES string of the molecule is COc1ccc([C@@H]2NC(=O)Nc3c2c(=O)n(C)c(=O)n3C)cc1OC. The zero-order chi connectivity index (χ0) is 18.3. The number of benzene rings is 1. The van der Waals surface area contributed by atoms with Crippen LogP contribution >= 0.6 is 0 Å². The molecule has 0 spiro atoms. The minimum absolute atomic E-state index is 0.177. The molecule has 0 bridgehead atoms. The number of hydrogen-bond donors (Lipinski definition) is 2. The van der Waals surface area contributed by atoms with Gasteiger partial charge in [0.05, 0.1) is 25.8 Å². The van der Waals surface area contributed by atoms with E-state index in [0.29, 0.717) is 17.1 Å².